The van der Waals surface area contributed by atoms with E-state index >= 15 is 0 Å². The topological polar surface area (TPSA) is 78.9 Å². The molecule has 6 nitrogen and oxygen atoms in total. The van der Waals surface area contributed by atoms with Crippen molar-refractivity contribution in [3.8, 4) is 0 Å². The van der Waals surface area contributed by atoms with Gasteiger partial charge in [-0.25, -0.2) is 0 Å². The van der Waals surface area contributed by atoms with Crippen LogP contribution in [0.1, 0.15) is 239 Å². The summed E-state index contributed by atoms with van der Waals surface area (Å²) in [6.45, 7) is 6.40. The average Bonchev–Trinajstić information content (AvgIpc) is 3.28. The molecule has 0 rings (SSSR count). The first-order valence-electron chi connectivity index (χ1n) is 26.2. The summed E-state index contributed by atoms with van der Waals surface area (Å²) >= 11 is 0. The highest BCUT2D eigenvalue weighted by atomic mass is 16.6. The Balaban J connectivity index is 4.46. The Hall–Kier alpha value is -3.41. The molecule has 0 radical (unpaired) electrons. The number of allylic oxidation sites excluding steroid dienone is 14. The van der Waals surface area contributed by atoms with Crippen molar-refractivity contribution in [3.63, 3.8) is 0 Å². The van der Waals surface area contributed by atoms with Gasteiger partial charge in [-0.05, 0) is 64.2 Å². The number of carbonyl (C=O) groups is 3. The van der Waals surface area contributed by atoms with Gasteiger partial charge in [-0.3, -0.25) is 14.4 Å². The Bertz CT molecular complexity index is 1240. The molecule has 0 aliphatic heterocycles. The van der Waals surface area contributed by atoms with Crippen molar-refractivity contribution >= 4 is 17.9 Å². The van der Waals surface area contributed by atoms with Gasteiger partial charge in [0.2, 0.25) is 0 Å². The molecule has 0 amide bonds. The minimum atomic E-state index is -0.806. The smallest absolute Gasteiger partial charge is 0.306 e. The summed E-state index contributed by atoms with van der Waals surface area (Å²) in [4.78, 5) is 38.0. The van der Waals surface area contributed by atoms with Gasteiger partial charge in [0.1, 0.15) is 13.2 Å². The van der Waals surface area contributed by atoms with Crippen molar-refractivity contribution in [2.75, 3.05) is 13.2 Å². The summed E-state index contributed by atoms with van der Waals surface area (Å²) in [6.07, 6.45) is 65.7. The quantitative estimate of drug-likeness (QED) is 0.0199. The van der Waals surface area contributed by atoms with Crippen molar-refractivity contribution in [1.29, 1.82) is 0 Å². The van der Waals surface area contributed by atoms with Crippen molar-refractivity contribution in [1.82, 2.24) is 0 Å². The second-order valence-corrected chi connectivity index (χ2v) is 17.2. The Kier molecular flexibility index (Phi) is 48.5. The van der Waals surface area contributed by atoms with E-state index in [1.165, 1.54) is 128 Å². The van der Waals surface area contributed by atoms with E-state index in [1.54, 1.807) is 0 Å². The molecular formula is C57H96O6. The molecule has 360 valence electrons. The lowest BCUT2D eigenvalue weighted by Crippen LogP contribution is -2.30. The van der Waals surface area contributed by atoms with Crippen molar-refractivity contribution in [2.45, 2.75) is 245 Å². The van der Waals surface area contributed by atoms with Crippen LogP contribution in [0.4, 0.5) is 0 Å². The van der Waals surface area contributed by atoms with Gasteiger partial charge < -0.3 is 14.2 Å². The highest BCUT2D eigenvalue weighted by molar-refractivity contribution is 5.71. The summed E-state index contributed by atoms with van der Waals surface area (Å²) < 4.78 is 16.7. The normalized spacial score (nSPS) is 12.7. The third-order valence-corrected chi connectivity index (χ3v) is 11.0. The van der Waals surface area contributed by atoms with Gasteiger partial charge in [-0.2, -0.15) is 0 Å². The lowest BCUT2D eigenvalue weighted by atomic mass is 10.0. The number of rotatable bonds is 46. The second-order valence-electron chi connectivity index (χ2n) is 17.2. The fourth-order valence-corrected chi connectivity index (χ4v) is 7.09. The van der Waals surface area contributed by atoms with Crippen LogP contribution in [0.15, 0.2) is 85.1 Å². The number of unbranched alkanes of at least 4 members (excludes halogenated alkanes) is 25. The number of ether oxygens (including phenoxy) is 3. The second kappa shape index (κ2) is 51.2. The fourth-order valence-electron chi connectivity index (χ4n) is 7.09. The molecule has 0 aromatic heterocycles. The van der Waals surface area contributed by atoms with Gasteiger partial charge in [0, 0.05) is 19.3 Å². The standard InChI is InChI=1S/C57H96O6/c1-4-7-10-13-16-19-22-25-27-28-30-32-35-38-41-44-47-50-56(59)62-53-54(52-61-55(58)49-46-43-40-37-34-31-24-21-18-15-12-9-6-3)63-57(60)51-48-45-42-39-36-33-29-26-23-20-17-14-11-8-5-2/h9,12,15-16,18-19,21,24-25,27,31,34,37,40,54H,4-8,10-11,13-14,17,20,22-23,26,28-30,32-33,35-36,38-39,41-53H2,1-3H3/b12-9-,18-15-,19-16-,24-21-,27-25-,34-31-,40-37-. The molecule has 63 heavy (non-hydrogen) atoms. The lowest BCUT2D eigenvalue weighted by molar-refractivity contribution is -0.167. The van der Waals surface area contributed by atoms with Crippen LogP contribution in [0.2, 0.25) is 0 Å². The van der Waals surface area contributed by atoms with E-state index in [4.69, 9.17) is 14.2 Å². The molecule has 0 aliphatic rings. The van der Waals surface area contributed by atoms with Crippen LogP contribution >= 0.6 is 0 Å². The summed E-state index contributed by atoms with van der Waals surface area (Å²) in [5.74, 6) is -0.984. The van der Waals surface area contributed by atoms with Gasteiger partial charge in [-0.1, -0.05) is 241 Å². The molecular weight excluding hydrogens is 781 g/mol. The summed E-state index contributed by atoms with van der Waals surface area (Å²) in [5.41, 5.74) is 0. The molecule has 0 heterocycles. The molecule has 1 atom stereocenters. The molecule has 0 bridgehead atoms. The first-order chi connectivity index (χ1) is 31.0. The maximum absolute atomic E-state index is 12.8. The third kappa shape index (κ3) is 49.5. The van der Waals surface area contributed by atoms with Gasteiger partial charge in [0.05, 0.1) is 0 Å². The van der Waals surface area contributed by atoms with E-state index in [-0.39, 0.29) is 37.5 Å². The minimum Gasteiger partial charge on any atom is -0.462 e. The highest BCUT2D eigenvalue weighted by Gasteiger charge is 2.19. The van der Waals surface area contributed by atoms with E-state index in [2.05, 4.69) is 51.2 Å². The van der Waals surface area contributed by atoms with Gasteiger partial charge in [-0.15, -0.1) is 0 Å². The zero-order valence-electron chi connectivity index (χ0n) is 41.1. The van der Waals surface area contributed by atoms with Crippen LogP contribution < -0.4 is 0 Å². The van der Waals surface area contributed by atoms with Crippen LogP contribution in [0.5, 0.6) is 0 Å². The zero-order chi connectivity index (χ0) is 45.8. The van der Waals surface area contributed by atoms with E-state index in [9.17, 15) is 14.4 Å². The molecule has 0 N–H and O–H groups in total. The van der Waals surface area contributed by atoms with Crippen molar-refractivity contribution in [2.24, 2.45) is 0 Å². The van der Waals surface area contributed by atoms with Gasteiger partial charge >= 0.3 is 17.9 Å². The van der Waals surface area contributed by atoms with E-state index in [0.717, 1.165) is 64.2 Å². The first-order valence-corrected chi connectivity index (χ1v) is 26.2. The molecule has 0 spiro atoms. The number of hydrogen-bond donors (Lipinski definition) is 0. The summed E-state index contributed by atoms with van der Waals surface area (Å²) in [5, 5.41) is 0. The minimum absolute atomic E-state index is 0.102. The largest absolute Gasteiger partial charge is 0.462 e. The van der Waals surface area contributed by atoms with E-state index in [0.29, 0.717) is 19.3 Å². The van der Waals surface area contributed by atoms with Crippen molar-refractivity contribution < 1.29 is 28.6 Å². The fraction of sp³-hybridized carbons (Fsp3) is 0.702. The predicted molar refractivity (Wildman–Crippen MR) is 270 cm³/mol. The zero-order valence-corrected chi connectivity index (χ0v) is 41.1. The Labute approximate surface area is 388 Å². The predicted octanol–water partition coefficient (Wildman–Crippen LogP) is 17.2. The van der Waals surface area contributed by atoms with E-state index < -0.39 is 6.10 Å². The van der Waals surface area contributed by atoms with Crippen LogP contribution in [0.3, 0.4) is 0 Å². The summed E-state index contributed by atoms with van der Waals surface area (Å²) in [7, 11) is 0. The van der Waals surface area contributed by atoms with Crippen LogP contribution in [0.25, 0.3) is 0 Å². The SMILES string of the molecule is CC\C=C/C=C\C=C/C=C\C=C/CCCC(=O)OCC(COC(=O)CCCCCCCCC/C=C\C/C=C\CCCCC)OC(=O)CCCCCCCCCCCCCCCCC. The van der Waals surface area contributed by atoms with Gasteiger partial charge in [0.15, 0.2) is 6.10 Å². The Morgan fingerprint density at radius 2 is 0.698 bits per heavy atom. The molecule has 0 saturated heterocycles. The first kappa shape index (κ1) is 59.6. The molecule has 0 aromatic rings. The third-order valence-electron chi connectivity index (χ3n) is 11.0. The van der Waals surface area contributed by atoms with Gasteiger partial charge in [0.25, 0.3) is 0 Å². The molecule has 0 saturated carbocycles. The van der Waals surface area contributed by atoms with Crippen LogP contribution in [-0.2, 0) is 28.6 Å². The van der Waals surface area contributed by atoms with Crippen molar-refractivity contribution in [3.05, 3.63) is 85.1 Å². The van der Waals surface area contributed by atoms with Crippen LogP contribution in [-0.4, -0.2) is 37.2 Å². The lowest BCUT2D eigenvalue weighted by Gasteiger charge is -2.18. The summed E-state index contributed by atoms with van der Waals surface area (Å²) in [6, 6.07) is 0. The van der Waals surface area contributed by atoms with E-state index in [1.807, 2.05) is 54.7 Å². The maximum Gasteiger partial charge on any atom is 0.306 e. The molecule has 0 aliphatic carbocycles. The highest BCUT2D eigenvalue weighted by Crippen LogP contribution is 2.15. The number of esters is 3. The monoisotopic (exact) mass is 877 g/mol. The number of hydrogen-bond acceptors (Lipinski definition) is 6. The maximum atomic E-state index is 12.8. The van der Waals surface area contributed by atoms with Crippen LogP contribution in [0, 0.1) is 0 Å². The number of carbonyl (C=O) groups excluding carboxylic acids is 3. The molecule has 0 fully saturated rings. The molecule has 0 aromatic carbocycles. The molecule has 1 unspecified atom stereocenters. The molecule has 6 heteroatoms. The average molecular weight is 877 g/mol. The Morgan fingerprint density at radius 1 is 0.349 bits per heavy atom. The Morgan fingerprint density at radius 3 is 1.17 bits per heavy atom.